The van der Waals surface area contributed by atoms with E-state index in [0.29, 0.717) is 22.9 Å². The summed E-state index contributed by atoms with van der Waals surface area (Å²) < 4.78 is 5.10. The van der Waals surface area contributed by atoms with Crippen molar-refractivity contribution in [3.05, 3.63) is 76.8 Å². The van der Waals surface area contributed by atoms with E-state index in [1.807, 2.05) is 6.07 Å². The zero-order chi connectivity index (χ0) is 17.6. The van der Waals surface area contributed by atoms with Crippen LogP contribution >= 0.6 is 11.6 Å². The van der Waals surface area contributed by atoms with E-state index in [2.05, 4.69) is 41.7 Å². The highest BCUT2D eigenvalue weighted by Crippen LogP contribution is 2.25. The van der Waals surface area contributed by atoms with Gasteiger partial charge in [-0.3, -0.25) is 4.79 Å². The maximum absolute atomic E-state index is 12.2. The number of fused-ring (bicyclic) bond motifs is 1. The standard InChI is InChI=1S/C21H20ClNO2/c1-25-20-12-11-17(14-19(20)22)21(24)23-13-5-9-16-8-4-7-15-6-2-3-10-18(15)16/h2-4,6-8,10-12,14H,5,9,13H2,1H3,(H,23,24). The van der Waals surface area contributed by atoms with Gasteiger partial charge in [0.15, 0.2) is 0 Å². The third-order valence-electron chi connectivity index (χ3n) is 4.20. The van der Waals surface area contributed by atoms with E-state index < -0.39 is 0 Å². The van der Waals surface area contributed by atoms with Crippen LogP contribution < -0.4 is 10.1 Å². The van der Waals surface area contributed by atoms with Crippen molar-refractivity contribution in [1.29, 1.82) is 0 Å². The largest absolute Gasteiger partial charge is 0.495 e. The highest BCUT2D eigenvalue weighted by Gasteiger charge is 2.08. The van der Waals surface area contributed by atoms with Crippen LogP contribution in [-0.2, 0) is 6.42 Å². The van der Waals surface area contributed by atoms with Crippen LogP contribution in [0.1, 0.15) is 22.3 Å². The molecule has 3 aromatic carbocycles. The Balaban J connectivity index is 1.56. The molecule has 0 spiro atoms. The van der Waals surface area contributed by atoms with Gasteiger partial charge in [-0.2, -0.15) is 0 Å². The van der Waals surface area contributed by atoms with Crippen LogP contribution in [-0.4, -0.2) is 19.6 Å². The normalized spacial score (nSPS) is 10.6. The minimum atomic E-state index is -0.123. The Morgan fingerprint density at radius 2 is 1.88 bits per heavy atom. The van der Waals surface area contributed by atoms with Gasteiger partial charge < -0.3 is 10.1 Å². The first-order valence-electron chi connectivity index (χ1n) is 8.27. The molecule has 0 atom stereocenters. The fourth-order valence-corrected chi connectivity index (χ4v) is 3.16. The SMILES string of the molecule is COc1ccc(C(=O)NCCCc2cccc3ccccc23)cc1Cl. The number of benzene rings is 3. The van der Waals surface area contributed by atoms with Crippen molar-refractivity contribution < 1.29 is 9.53 Å². The van der Waals surface area contributed by atoms with Crippen molar-refractivity contribution in [3.8, 4) is 5.75 Å². The summed E-state index contributed by atoms with van der Waals surface area (Å²) in [5, 5.41) is 5.90. The fourth-order valence-electron chi connectivity index (χ4n) is 2.90. The van der Waals surface area contributed by atoms with Crippen LogP contribution in [0.5, 0.6) is 5.75 Å². The van der Waals surface area contributed by atoms with Crippen molar-refractivity contribution in [2.24, 2.45) is 0 Å². The molecule has 0 aliphatic rings. The van der Waals surface area contributed by atoms with Crippen molar-refractivity contribution in [3.63, 3.8) is 0 Å². The Kier molecular flexibility index (Phi) is 5.56. The van der Waals surface area contributed by atoms with Gasteiger partial charge >= 0.3 is 0 Å². The number of aryl methyl sites for hydroxylation is 1. The van der Waals surface area contributed by atoms with Crippen LogP contribution in [0.3, 0.4) is 0 Å². The zero-order valence-corrected chi connectivity index (χ0v) is 14.8. The molecule has 0 unspecified atom stereocenters. The second kappa shape index (κ2) is 8.04. The Morgan fingerprint density at radius 1 is 1.08 bits per heavy atom. The predicted molar refractivity (Wildman–Crippen MR) is 103 cm³/mol. The summed E-state index contributed by atoms with van der Waals surface area (Å²) >= 11 is 6.07. The molecule has 0 heterocycles. The first kappa shape index (κ1) is 17.3. The molecule has 25 heavy (non-hydrogen) atoms. The first-order valence-corrected chi connectivity index (χ1v) is 8.65. The Morgan fingerprint density at radius 3 is 2.68 bits per heavy atom. The maximum Gasteiger partial charge on any atom is 0.251 e. The maximum atomic E-state index is 12.2. The van der Waals surface area contributed by atoms with E-state index in [1.54, 1.807) is 25.3 Å². The summed E-state index contributed by atoms with van der Waals surface area (Å²) in [4.78, 5) is 12.2. The van der Waals surface area contributed by atoms with Crippen molar-refractivity contribution >= 4 is 28.3 Å². The van der Waals surface area contributed by atoms with Gasteiger partial charge in [0.2, 0.25) is 0 Å². The third kappa shape index (κ3) is 4.12. The molecule has 0 saturated carbocycles. The molecule has 3 rings (SSSR count). The first-order chi connectivity index (χ1) is 12.2. The van der Waals surface area contributed by atoms with Gasteiger partial charge in [0.1, 0.15) is 5.75 Å². The van der Waals surface area contributed by atoms with Gasteiger partial charge in [-0.15, -0.1) is 0 Å². The molecule has 0 aliphatic heterocycles. The lowest BCUT2D eigenvalue weighted by atomic mass is 10.0. The van der Waals surface area contributed by atoms with E-state index in [-0.39, 0.29) is 5.91 Å². The summed E-state index contributed by atoms with van der Waals surface area (Å²) in [7, 11) is 1.55. The van der Waals surface area contributed by atoms with E-state index in [9.17, 15) is 4.79 Å². The highest BCUT2D eigenvalue weighted by atomic mass is 35.5. The summed E-state index contributed by atoms with van der Waals surface area (Å²) in [5.74, 6) is 0.441. The van der Waals surface area contributed by atoms with Crippen molar-refractivity contribution in [1.82, 2.24) is 5.32 Å². The molecule has 0 bridgehead atoms. The van der Waals surface area contributed by atoms with Crippen LogP contribution in [0, 0.1) is 0 Å². The number of ether oxygens (including phenoxy) is 1. The third-order valence-corrected chi connectivity index (χ3v) is 4.50. The average Bonchev–Trinajstić information content (AvgIpc) is 2.65. The molecular formula is C21H20ClNO2. The monoisotopic (exact) mass is 353 g/mol. The van der Waals surface area contributed by atoms with Gasteiger partial charge in [0.25, 0.3) is 5.91 Å². The van der Waals surface area contributed by atoms with E-state index >= 15 is 0 Å². The Labute approximate surface area is 152 Å². The minimum absolute atomic E-state index is 0.123. The molecule has 1 N–H and O–H groups in total. The number of hydrogen-bond acceptors (Lipinski definition) is 2. The zero-order valence-electron chi connectivity index (χ0n) is 14.1. The quantitative estimate of drug-likeness (QED) is 0.642. The topological polar surface area (TPSA) is 38.3 Å². The average molecular weight is 354 g/mol. The van der Waals surface area contributed by atoms with Gasteiger partial charge in [0.05, 0.1) is 12.1 Å². The lowest BCUT2D eigenvalue weighted by Gasteiger charge is -2.09. The van der Waals surface area contributed by atoms with Gasteiger partial charge in [0, 0.05) is 12.1 Å². The number of amides is 1. The van der Waals surface area contributed by atoms with Gasteiger partial charge in [-0.05, 0) is 47.4 Å². The molecule has 4 heteroatoms. The molecule has 128 valence electrons. The molecular weight excluding hydrogens is 334 g/mol. The van der Waals surface area contributed by atoms with E-state index in [1.165, 1.54) is 16.3 Å². The number of nitrogens with one attached hydrogen (secondary N) is 1. The minimum Gasteiger partial charge on any atom is -0.495 e. The number of carbonyl (C=O) groups excluding carboxylic acids is 1. The van der Waals surface area contributed by atoms with Crippen LogP contribution in [0.25, 0.3) is 10.8 Å². The second-order valence-corrected chi connectivity index (χ2v) is 6.25. The molecule has 0 fully saturated rings. The van der Waals surface area contributed by atoms with Crippen LogP contribution in [0.2, 0.25) is 5.02 Å². The number of halogens is 1. The lowest BCUT2D eigenvalue weighted by Crippen LogP contribution is -2.24. The predicted octanol–water partition coefficient (Wildman–Crippen LogP) is 4.86. The summed E-state index contributed by atoms with van der Waals surface area (Å²) in [5.41, 5.74) is 1.84. The summed E-state index contributed by atoms with van der Waals surface area (Å²) in [6.45, 7) is 0.617. The van der Waals surface area contributed by atoms with E-state index in [4.69, 9.17) is 16.3 Å². The lowest BCUT2D eigenvalue weighted by molar-refractivity contribution is 0.0953. The number of hydrogen-bond donors (Lipinski definition) is 1. The van der Waals surface area contributed by atoms with Gasteiger partial charge in [-0.25, -0.2) is 0 Å². The van der Waals surface area contributed by atoms with E-state index in [0.717, 1.165) is 12.8 Å². The summed E-state index contributed by atoms with van der Waals surface area (Å²) in [6, 6.07) is 19.7. The number of rotatable bonds is 6. The van der Waals surface area contributed by atoms with Gasteiger partial charge in [-0.1, -0.05) is 54.1 Å². The van der Waals surface area contributed by atoms with Crippen LogP contribution in [0.4, 0.5) is 0 Å². The highest BCUT2D eigenvalue weighted by molar-refractivity contribution is 6.32. The smallest absolute Gasteiger partial charge is 0.251 e. The van der Waals surface area contributed by atoms with Crippen LogP contribution in [0.15, 0.2) is 60.7 Å². The van der Waals surface area contributed by atoms with Crippen molar-refractivity contribution in [2.45, 2.75) is 12.8 Å². The second-order valence-electron chi connectivity index (χ2n) is 5.85. The molecule has 0 aliphatic carbocycles. The molecule has 0 radical (unpaired) electrons. The molecule has 0 aromatic heterocycles. The Hall–Kier alpha value is -2.52. The molecule has 1 amide bonds. The van der Waals surface area contributed by atoms with Crippen molar-refractivity contribution in [2.75, 3.05) is 13.7 Å². The molecule has 3 aromatic rings. The number of carbonyl (C=O) groups is 1. The molecule has 3 nitrogen and oxygen atoms in total. The Bertz CT molecular complexity index is 887. The summed E-state index contributed by atoms with van der Waals surface area (Å²) in [6.07, 6.45) is 1.80. The fraction of sp³-hybridized carbons (Fsp3) is 0.190. The molecule has 0 saturated heterocycles. The number of methoxy groups -OCH3 is 1.